The number of fused-ring (bicyclic) bond motifs is 26. The summed E-state index contributed by atoms with van der Waals surface area (Å²) in [6.45, 7) is 0. The van der Waals surface area contributed by atoms with Crippen LogP contribution in [0, 0.1) is 0 Å². The van der Waals surface area contributed by atoms with Crippen LogP contribution in [0.2, 0.25) is 0 Å². The molecule has 5 aliphatic rings. The van der Waals surface area contributed by atoms with Gasteiger partial charge in [0.15, 0.2) is 0 Å². The third kappa shape index (κ3) is 11.0. The first-order chi connectivity index (χ1) is 59.5. The second-order valence-corrected chi connectivity index (χ2v) is 31.7. The summed E-state index contributed by atoms with van der Waals surface area (Å²) in [5.74, 6) is 0.968. The molecule has 0 amide bonds. The number of aromatic nitrogens is 8. The molecule has 121 heavy (non-hydrogen) atoms. The zero-order valence-corrected chi connectivity index (χ0v) is 68.4. The molecule has 0 radical (unpaired) electrons. The molecule has 8 bridgehead atoms. The van der Waals surface area contributed by atoms with Crippen molar-refractivity contribution in [2.75, 3.05) is 0 Å². The maximum Gasteiger partial charge on any atom is 2.00 e. The van der Waals surface area contributed by atoms with Crippen LogP contribution in [-0.2, 0) is 19.5 Å². The second-order valence-electron chi connectivity index (χ2n) is 31.7. The Bertz CT molecular complexity index is 8500. The summed E-state index contributed by atoms with van der Waals surface area (Å²) in [5.41, 5.74) is 23.0. The van der Waals surface area contributed by atoms with Crippen LogP contribution >= 0.6 is 0 Å². The Morgan fingerprint density at radius 2 is 0.504 bits per heavy atom. The van der Waals surface area contributed by atoms with E-state index >= 15 is 0 Å². The summed E-state index contributed by atoms with van der Waals surface area (Å²) < 4.78 is 0. The molecule has 2 atom stereocenters. The fraction of sp³-hybridized carbons (Fsp3) is 0.0179. The Labute approximate surface area is 707 Å². The van der Waals surface area contributed by atoms with Crippen LogP contribution in [0.15, 0.2) is 364 Å². The molecule has 0 fully saturated rings. The smallest absolute Gasteiger partial charge is 0.361 e. The Kier molecular flexibility index (Phi) is 16.2. The first-order valence-electron chi connectivity index (χ1n) is 41.0. The molecule has 5 heterocycles. The number of hydrogen-bond acceptors (Lipinski definition) is 6. The summed E-state index contributed by atoms with van der Waals surface area (Å²) >= 11 is 0. The molecule has 9 heteroatoms. The zero-order valence-electron chi connectivity index (χ0n) is 65.4. The van der Waals surface area contributed by atoms with Gasteiger partial charge in [0.05, 0.1) is 28.9 Å². The van der Waals surface area contributed by atoms with E-state index in [0.29, 0.717) is 45.6 Å². The van der Waals surface area contributed by atoms with Gasteiger partial charge >= 0.3 is 19.5 Å². The Hall–Kier alpha value is -15.3. The van der Waals surface area contributed by atoms with Crippen molar-refractivity contribution in [2.24, 2.45) is 0 Å². The summed E-state index contributed by atoms with van der Waals surface area (Å²) in [6, 6.07) is 131. The van der Waals surface area contributed by atoms with Crippen LogP contribution in [-0.4, -0.2) is 29.9 Å². The molecular formula is C112H66N8Zn. The number of benzene rings is 18. The molecular weight excluding hydrogens is 1520 g/mol. The van der Waals surface area contributed by atoms with Gasteiger partial charge in [-0.1, -0.05) is 352 Å². The van der Waals surface area contributed by atoms with Crippen LogP contribution < -0.4 is 41.8 Å². The van der Waals surface area contributed by atoms with Gasteiger partial charge in [0, 0.05) is 39.6 Å². The molecule has 2 unspecified atom stereocenters. The first-order valence-corrected chi connectivity index (χ1v) is 41.0. The van der Waals surface area contributed by atoms with Gasteiger partial charge in [-0.15, -0.1) is 0 Å². The van der Waals surface area contributed by atoms with Gasteiger partial charge in [0.2, 0.25) is 0 Å². The van der Waals surface area contributed by atoms with E-state index in [1.165, 1.54) is 0 Å². The second kappa shape index (κ2) is 28.0. The van der Waals surface area contributed by atoms with Crippen molar-refractivity contribution < 1.29 is 19.5 Å². The number of rotatable bonds is 8. The molecule has 25 rings (SSSR count). The maximum atomic E-state index is 6.03. The van der Waals surface area contributed by atoms with Crippen LogP contribution in [0.3, 0.4) is 0 Å². The summed E-state index contributed by atoms with van der Waals surface area (Å²) in [5, 5.41) is 19.2. The van der Waals surface area contributed by atoms with E-state index in [0.717, 1.165) is 208 Å². The third-order valence-electron chi connectivity index (χ3n) is 25.1. The quantitative estimate of drug-likeness (QED) is 0.109. The zero-order chi connectivity index (χ0) is 78.6. The van der Waals surface area contributed by atoms with E-state index in [-0.39, 0.29) is 19.5 Å². The minimum Gasteiger partial charge on any atom is -0.361 e. The monoisotopic (exact) mass is 1590 g/mol. The van der Waals surface area contributed by atoms with E-state index < -0.39 is 11.8 Å². The molecule has 8 nitrogen and oxygen atoms in total. The van der Waals surface area contributed by atoms with Crippen LogP contribution in [0.25, 0.3) is 234 Å². The molecule has 0 saturated heterocycles. The fourth-order valence-corrected chi connectivity index (χ4v) is 20.0. The van der Waals surface area contributed by atoms with E-state index in [9.17, 15) is 0 Å². The normalized spacial score (nSPS) is 14.0. The van der Waals surface area contributed by atoms with Crippen LogP contribution in [0.4, 0.5) is 0 Å². The van der Waals surface area contributed by atoms with Crippen LogP contribution in [0.1, 0.15) is 23.5 Å². The largest absolute Gasteiger partial charge is 2.00 e. The molecule has 2 aliphatic carbocycles. The van der Waals surface area contributed by atoms with Gasteiger partial charge in [-0.2, -0.15) is 0 Å². The van der Waals surface area contributed by atoms with Crippen molar-refractivity contribution in [2.45, 2.75) is 11.8 Å². The van der Waals surface area contributed by atoms with E-state index in [1.807, 2.05) is 0 Å². The Morgan fingerprint density at radius 1 is 0.215 bits per heavy atom. The summed E-state index contributed by atoms with van der Waals surface area (Å²) in [6.07, 6.45) is 9.54. The van der Waals surface area contributed by atoms with Gasteiger partial charge in [0.25, 0.3) is 0 Å². The van der Waals surface area contributed by atoms with E-state index in [4.69, 9.17) is 39.9 Å². The fourth-order valence-electron chi connectivity index (χ4n) is 20.0. The van der Waals surface area contributed by atoms with Crippen LogP contribution in [0.5, 0.6) is 0 Å². The topological polar surface area (TPSA) is 106 Å². The van der Waals surface area contributed by atoms with Crippen molar-refractivity contribution >= 4 is 122 Å². The first kappa shape index (κ1) is 70.0. The molecule has 20 aromatic rings. The maximum absolute atomic E-state index is 6.03. The van der Waals surface area contributed by atoms with E-state index in [2.05, 4.69) is 388 Å². The van der Waals surface area contributed by atoms with Crippen molar-refractivity contribution in [3.05, 3.63) is 407 Å². The average Bonchev–Trinajstić information content (AvgIpc) is 1.39. The minimum absolute atomic E-state index is 0. The summed E-state index contributed by atoms with van der Waals surface area (Å²) in [4.78, 5) is 47.4. The van der Waals surface area contributed by atoms with Gasteiger partial charge in [-0.25, -0.2) is 9.97 Å². The SMILES string of the molecule is C1=c2c(-c3ccccc3)c3ccccc3c(-c3ccccc3)c2=CC2C1=c1nc2nc2[n-]c(nc3nc(nc4[n-]c(n1)c1cc5c(-c6ccccc6)c6ccccc6c(-c6ccccc6)c5cc41)-c1cc4c(-c5ccccc5)c5ccccc5c(-c5ccccc5)c4cc1-3)=C1C=c3c(-c4ccccc4)c4ccccc4c(-c4ccccc4)c3=CC12.[Zn+2]. The molecule has 0 spiro atoms. The minimum atomic E-state index is -0.526. The predicted octanol–water partition coefficient (Wildman–Crippen LogP) is 22.0. The van der Waals surface area contributed by atoms with Crippen molar-refractivity contribution in [3.8, 4) is 112 Å². The molecule has 18 aromatic carbocycles. The third-order valence-corrected chi connectivity index (χ3v) is 25.1. The Morgan fingerprint density at radius 3 is 0.868 bits per heavy atom. The van der Waals surface area contributed by atoms with Crippen molar-refractivity contribution in [1.82, 2.24) is 39.9 Å². The van der Waals surface area contributed by atoms with Gasteiger partial charge in [-0.05, 0) is 233 Å². The average molecular weight is 1590 g/mol. The molecule has 0 saturated carbocycles. The molecule has 3 aliphatic heterocycles. The van der Waals surface area contributed by atoms with E-state index in [1.54, 1.807) is 0 Å². The van der Waals surface area contributed by atoms with Gasteiger partial charge in [0.1, 0.15) is 0 Å². The van der Waals surface area contributed by atoms with Gasteiger partial charge < -0.3 is 29.9 Å². The predicted molar refractivity (Wildman–Crippen MR) is 493 cm³/mol. The molecule has 556 valence electrons. The number of nitrogens with zero attached hydrogens (tertiary/aromatic N) is 8. The standard InChI is InChI=1S/C112H66N8.Zn/c1-9-33-65(34-10-1)97-73-49-25-26-50-74(73)98(66-35-11-2-12-36-66)82-58-90-89(57-81(82)97)105-113-106(90)118-108-93-61-85-86(102(70-43-19-6-20-44-70)78-54-30-29-53-77(78)101(85)69-41-17-5-18-42-69)62-94(93)110(115-108)120-112-96-64-88-87(103(71-45-21-7-22-46-71)79-55-31-32-56-80(79)104(88)72-47-23-8-24-48-72)63-95(96)111(116-112)119-109-92-60-84-83(59-91(92)107(114-109)117-105)99(67-37-13-3-14-38-67)75-51-27-28-52-76(75)100(84)68-39-15-4-16-40-68;/h1-64,89,91H;/q-2;+2. The number of hydrogen-bond donors (Lipinski definition) is 0. The Balaban J connectivity index is 0.00000829. The molecule has 2 aromatic heterocycles. The molecule has 0 N–H and O–H groups in total. The van der Waals surface area contributed by atoms with Gasteiger partial charge in [-0.3, -0.25) is 0 Å². The van der Waals surface area contributed by atoms with Crippen molar-refractivity contribution in [1.29, 1.82) is 0 Å². The van der Waals surface area contributed by atoms with Crippen molar-refractivity contribution in [3.63, 3.8) is 0 Å². The summed E-state index contributed by atoms with van der Waals surface area (Å²) in [7, 11) is 0.